The molecule has 40 heavy (non-hydrogen) atoms. The van der Waals surface area contributed by atoms with Crippen LogP contribution < -0.4 is 4.90 Å². The molecule has 4 aliphatic rings. The molecule has 4 heteroatoms. The lowest BCUT2D eigenvalue weighted by Gasteiger charge is -2.36. The van der Waals surface area contributed by atoms with Crippen molar-refractivity contribution in [3.05, 3.63) is 112 Å². The molecule has 0 aromatic heterocycles. The van der Waals surface area contributed by atoms with Crippen LogP contribution in [-0.2, 0) is 6.42 Å². The molecular weight excluding hydrogens is 510 g/mol. The van der Waals surface area contributed by atoms with Gasteiger partial charge < -0.3 is 4.90 Å². The number of hydrogen-bond acceptors (Lipinski definition) is 3. The van der Waals surface area contributed by atoms with Crippen LogP contribution in [0.15, 0.2) is 95.2 Å². The molecule has 2 aliphatic carbocycles. The summed E-state index contributed by atoms with van der Waals surface area (Å²) in [5.74, 6) is 1.47. The van der Waals surface area contributed by atoms with Gasteiger partial charge in [-0.1, -0.05) is 65.7 Å². The Balaban J connectivity index is 0.949. The van der Waals surface area contributed by atoms with E-state index in [1.54, 1.807) is 5.57 Å². The van der Waals surface area contributed by atoms with E-state index in [2.05, 4.69) is 95.8 Å². The van der Waals surface area contributed by atoms with Gasteiger partial charge in [0.15, 0.2) is 0 Å². The summed E-state index contributed by atoms with van der Waals surface area (Å²) in [5, 5.41) is 0.900. The lowest BCUT2D eigenvalue weighted by molar-refractivity contribution is 0.259. The van der Waals surface area contributed by atoms with Crippen LogP contribution in [0.5, 0.6) is 0 Å². The smallest absolute Gasteiger partial charge is 0.0702 e. The number of aliphatic imine (C=N–C) groups is 1. The fourth-order valence-corrected chi connectivity index (χ4v) is 6.40. The molecule has 1 unspecified atom stereocenters. The summed E-state index contributed by atoms with van der Waals surface area (Å²) in [6.07, 6.45) is 21.9. The number of rotatable bonds is 8. The molecule has 2 fully saturated rings. The minimum atomic E-state index is 0.718. The van der Waals surface area contributed by atoms with Crippen LogP contribution in [-0.4, -0.2) is 43.3 Å². The minimum Gasteiger partial charge on any atom is -0.369 e. The van der Waals surface area contributed by atoms with Gasteiger partial charge in [0.2, 0.25) is 0 Å². The molecule has 1 atom stereocenters. The van der Waals surface area contributed by atoms with Crippen LogP contribution in [0.1, 0.15) is 55.2 Å². The minimum absolute atomic E-state index is 0.718. The zero-order valence-electron chi connectivity index (χ0n) is 23.9. The molecule has 0 N–H and O–H groups in total. The van der Waals surface area contributed by atoms with E-state index in [9.17, 15) is 0 Å². The first-order chi connectivity index (χ1) is 19.6. The first-order valence-electron chi connectivity index (χ1n) is 15.2. The molecule has 1 saturated carbocycles. The van der Waals surface area contributed by atoms with Crippen molar-refractivity contribution in [1.82, 2.24) is 4.90 Å². The number of benzene rings is 2. The molecule has 6 rings (SSSR count). The van der Waals surface area contributed by atoms with Crippen LogP contribution >= 0.6 is 11.6 Å². The number of aryl methyl sites for hydroxylation is 1. The van der Waals surface area contributed by atoms with Crippen molar-refractivity contribution in [2.75, 3.05) is 37.6 Å². The molecule has 2 aromatic carbocycles. The number of halogens is 1. The summed E-state index contributed by atoms with van der Waals surface area (Å²) in [5.41, 5.74) is 9.13. The topological polar surface area (TPSA) is 18.8 Å². The fraction of sp³-hybridized carbons (Fsp3) is 0.417. The van der Waals surface area contributed by atoms with E-state index in [4.69, 9.17) is 16.6 Å². The summed E-state index contributed by atoms with van der Waals surface area (Å²) >= 11 is 6.34. The van der Waals surface area contributed by atoms with E-state index >= 15 is 0 Å². The van der Waals surface area contributed by atoms with Crippen molar-refractivity contribution in [2.24, 2.45) is 16.8 Å². The van der Waals surface area contributed by atoms with E-state index in [0.717, 1.165) is 55.2 Å². The monoisotopic (exact) mass is 551 g/mol. The molecule has 3 nitrogen and oxygen atoms in total. The molecule has 2 heterocycles. The van der Waals surface area contributed by atoms with Crippen LogP contribution in [0.2, 0.25) is 5.02 Å². The van der Waals surface area contributed by atoms with Crippen molar-refractivity contribution >= 4 is 23.0 Å². The predicted octanol–water partition coefficient (Wildman–Crippen LogP) is 8.34. The van der Waals surface area contributed by atoms with Crippen molar-refractivity contribution < 1.29 is 0 Å². The first-order valence-corrected chi connectivity index (χ1v) is 15.6. The van der Waals surface area contributed by atoms with Crippen LogP contribution in [0.3, 0.4) is 0 Å². The average molecular weight is 552 g/mol. The molecular formula is C36H42ClN3. The zero-order valence-corrected chi connectivity index (χ0v) is 24.6. The molecule has 0 amide bonds. The predicted molar refractivity (Wildman–Crippen MR) is 171 cm³/mol. The highest BCUT2D eigenvalue weighted by atomic mass is 35.5. The van der Waals surface area contributed by atoms with E-state index in [1.165, 1.54) is 73.0 Å². The Kier molecular flexibility index (Phi) is 8.70. The second-order valence-electron chi connectivity index (χ2n) is 12.1. The molecule has 0 bridgehead atoms. The number of allylic oxidation sites excluding steroid dienone is 6. The van der Waals surface area contributed by atoms with Crippen LogP contribution in [0.4, 0.5) is 5.69 Å². The van der Waals surface area contributed by atoms with E-state index in [-0.39, 0.29) is 0 Å². The summed E-state index contributed by atoms with van der Waals surface area (Å²) in [6, 6.07) is 15.6. The second-order valence-corrected chi connectivity index (χ2v) is 12.5. The SMILES string of the molecule is Cc1ccc(CC2CC=C(CCN3CCN(c4ccc(C5=NC=C(C6CC6)C=CC=C5)cc4)CC3)CC2)cc1Cl. The van der Waals surface area contributed by atoms with Gasteiger partial charge in [-0.2, -0.15) is 0 Å². The number of anilines is 1. The molecule has 2 aliphatic heterocycles. The molecule has 0 radical (unpaired) electrons. The van der Waals surface area contributed by atoms with Gasteiger partial charge in [0.1, 0.15) is 0 Å². The third-order valence-corrected chi connectivity index (χ3v) is 9.49. The summed E-state index contributed by atoms with van der Waals surface area (Å²) < 4.78 is 0. The van der Waals surface area contributed by atoms with Crippen LogP contribution in [0.25, 0.3) is 0 Å². The van der Waals surface area contributed by atoms with Gasteiger partial charge in [-0.3, -0.25) is 9.89 Å². The van der Waals surface area contributed by atoms with Crippen molar-refractivity contribution in [3.63, 3.8) is 0 Å². The van der Waals surface area contributed by atoms with Crippen molar-refractivity contribution in [1.29, 1.82) is 0 Å². The molecule has 208 valence electrons. The van der Waals surface area contributed by atoms with Crippen LogP contribution in [0, 0.1) is 18.8 Å². The maximum atomic E-state index is 6.34. The first kappa shape index (κ1) is 27.3. The van der Waals surface area contributed by atoms with E-state index in [1.807, 2.05) is 0 Å². The lowest BCUT2D eigenvalue weighted by Crippen LogP contribution is -2.46. The maximum Gasteiger partial charge on any atom is 0.0702 e. The zero-order chi connectivity index (χ0) is 27.3. The number of nitrogens with zero attached hydrogens (tertiary/aromatic N) is 3. The number of piperazine rings is 1. The Labute approximate surface area is 245 Å². The fourth-order valence-electron chi connectivity index (χ4n) is 6.20. The Bertz CT molecular complexity index is 1330. The largest absolute Gasteiger partial charge is 0.369 e. The Hall–Kier alpha value is -2.88. The van der Waals surface area contributed by atoms with Gasteiger partial charge in [-0.15, -0.1) is 0 Å². The second kappa shape index (κ2) is 12.7. The van der Waals surface area contributed by atoms with E-state index < -0.39 is 0 Å². The third kappa shape index (κ3) is 7.06. The normalized spacial score (nSPS) is 21.9. The Morgan fingerprint density at radius 1 is 0.925 bits per heavy atom. The molecule has 2 aromatic rings. The maximum absolute atomic E-state index is 6.34. The summed E-state index contributed by atoms with van der Waals surface area (Å²) in [4.78, 5) is 10.0. The van der Waals surface area contributed by atoms with Gasteiger partial charge >= 0.3 is 0 Å². The van der Waals surface area contributed by atoms with Crippen molar-refractivity contribution in [2.45, 2.75) is 51.9 Å². The quantitative estimate of drug-likeness (QED) is 0.307. The van der Waals surface area contributed by atoms with Gasteiger partial charge in [0, 0.05) is 55.2 Å². The van der Waals surface area contributed by atoms with Crippen molar-refractivity contribution in [3.8, 4) is 0 Å². The Morgan fingerprint density at radius 3 is 2.45 bits per heavy atom. The highest BCUT2D eigenvalue weighted by Crippen LogP contribution is 2.37. The lowest BCUT2D eigenvalue weighted by atomic mass is 9.84. The van der Waals surface area contributed by atoms with Gasteiger partial charge in [0.25, 0.3) is 0 Å². The van der Waals surface area contributed by atoms with Gasteiger partial charge in [-0.05, 0) is 105 Å². The van der Waals surface area contributed by atoms with Gasteiger partial charge in [0.05, 0.1) is 5.71 Å². The standard InChI is InChI=1S/C36H42ClN3/c1-27-6-7-30(25-35(27)37)24-29-10-8-28(9-11-29)18-19-39-20-22-40(23-21-39)34-16-14-32(15-17-34)36-5-3-2-4-33(26-38-36)31-12-13-31/h2-8,14-17,25-26,29,31H,9-13,18-24H2,1H3. The number of hydrogen-bond donors (Lipinski definition) is 0. The third-order valence-electron chi connectivity index (χ3n) is 9.08. The molecule has 1 saturated heterocycles. The molecule has 0 spiro atoms. The average Bonchev–Trinajstić information content (AvgIpc) is 3.81. The van der Waals surface area contributed by atoms with E-state index in [0.29, 0.717) is 0 Å². The Morgan fingerprint density at radius 2 is 1.73 bits per heavy atom. The highest BCUT2D eigenvalue weighted by molar-refractivity contribution is 6.31. The van der Waals surface area contributed by atoms with Gasteiger partial charge in [-0.25, -0.2) is 0 Å². The summed E-state index contributed by atoms with van der Waals surface area (Å²) in [7, 11) is 0. The summed E-state index contributed by atoms with van der Waals surface area (Å²) in [6.45, 7) is 7.74. The highest BCUT2D eigenvalue weighted by Gasteiger charge is 2.24.